The van der Waals surface area contributed by atoms with Crippen LogP contribution in [0.2, 0.25) is 0 Å². The molecule has 9 heteroatoms. The van der Waals surface area contributed by atoms with E-state index in [1.165, 1.54) is 25.4 Å². The normalized spacial score (nSPS) is 11.5. The number of nitrogens with zero attached hydrogens (tertiary/aromatic N) is 3. The van der Waals surface area contributed by atoms with Crippen LogP contribution >= 0.6 is 0 Å². The number of ether oxygens (including phenoxy) is 1. The molecule has 0 radical (unpaired) electrons. The zero-order valence-corrected chi connectivity index (χ0v) is 16.2. The molecule has 2 aromatic carbocycles. The smallest absolute Gasteiger partial charge is 0.405 e. The highest BCUT2D eigenvalue weighted by molar-refractivity contribution is 5.97. The number of anilines is 1. The zero-order chi connectivity index (χ0) is 22.0. The average molecular weight is 428 g/mol. The second kappa shape index (κ2) is 8.17. The predicted molar refractivity (Wildman–Crippen MR) is 109 cm³/mol. The Bertz CT molecular complexity index is 1210. The summed E-state index contributed by atoms with van der Waals surface area (Å²) in [4.78, 5) is 12.9. The number of methoxy groups -OCH3 is 1. The van der Waals surface area contributed by atoms with Crippen LogP contribution in [-0.2, 0) is 0 Å². The van der Waals surface area contributed by atoms with E-state index in [-0.39, 0.29) is 11.6 Å². The number of pyridine rings is 1. The van der Waals surface area contributed by atoms with E-state index in [4.69, 9.17) is 4.74 Å². The van der Waals surface area contributed by atoms with E-state index in [1.54, 1.807) is 42.6 Å². The van der Waals surface area contributed by atoms with Crippen LogP contribution in [0.25, 0.3) is 33.4 Å². The third kappa shape index (κ3) is 4.55. The molecule has 0 aliphatic carbocycles. The van der Waals surface area contributed by atoms with Crippen molar-refractivity contribution in [3.05, 3.63) is 66.7 Å². The van der Waals surface area contributed by atoms with Crippen LogP contribution in [0.3, 0.4) is 0 Å². The van der Waals surface area contributed by atoms with E-state index in [2.05, 4.69) is 20.3 Å². The average Bonchev–Trinajstić information content (AvgIpc) is 2.77. The SMILES string of the molecule is COc1cc(-c2ccc(F)cc2)cc2c(NCC(F)(F)F)nc(-c3cccnc3)nc12. The van der Waals surface area contributed by atoms with Gasteiger partial charge in [0.2, 0.25) is 0 Å². The van der Waals surface area contributed by atoms with E-state index in [0.717, 1.165) is 0 Å². The number of hydrogen-bond donors (Lipinski definition) is 1. The topological polar surface area (TPSA) is 59.9 Å². The van der Waals surface area contributed by atoms with E-state index < -0.39 is 18.5 Å². The molecule has 0 bridgehead atoms. The lowest BCUT2D eigenvalue weighted by Crippen LogP contribution is -2.22. The third-order valence-corrected chi connectivity index (χ3v) is 4.54. The van der Waals surface area contributed by atoms with Gasteiger partial charge < -0.3 is 10.1 Å². The molecule has 2 aromatic heterocycles. The summed E-state index contributed by atoms with van der Waals surface area (Å²) >= 11 is 0. The lowest BCUT2D eigenvalue weighted by atomic mass is 10.0. The molecule has 0 unspecified atom stereocenters. The van der Waals surface area contributed by atoms with Crippen LogP contribution in [0, 0.1) is 5.82 Å². The van der Waals surface area contributed by atoms with Gasteiger partial charge in [0.1, 0.15) is 29.4 Å². The fraction of sp³-hybridized carbons (Fsp3) is 0.136. The Morgan fingerprint density at radius 1 is 0.968 bits per heavy atom. The largest absolute Gasteiger partial charge is 0.494 e. The molecular weight excluding hydrogens is 412 g/mol. The maximum Gasteiger partial charge on any atom is 0.405 e. The highest BCUT2D eigenvalue weighted by Gasteiger charge is 2.27. The second-order valence-corrected chi connectivity index (χ2v) is 6.69. The fourth-order valence-corrected chi connectivity index (χ4v) is 3.11. The van der Waals surface area contributed by atoms with Crippen LogP contribution in [0.4, 0.5) is 23.4 Å². The minimum atomic E-state index is -4.44. The number of rotatable bonds is 5. The van der Waals surface area contributed by atoms with Crippen LogP contribution in [0.15, 0.2) is 60.9 Å². The molecule has 2 heterocycles. The monoisotopic (exact) mass is 428 g/mol. The number of alkyl halides is 3. The molecule has 0 saturated heterocycles. The van der Waals surface area contributed by atoms with Crippen molar-refractivity contribution in [2.75, 3.05) is 19.0 Å². The lowest BCUT2D eigenvalue weighted by molar-refractivity contribution is -0.115. The number of nitrogens with one attached hydrogen (secondary N) is 1. The minimum Gasteiger partial charge on any atom is -0.494 e. The molecule has 0 amide bonds. The number of halogens is 4. The fourth-order valence-electron chi connectivity index (χ4n) is 3.11. The molecule has 0 spiro atoms. The molecule has 0 aliphatic rings. The molecule has 0 aliphatic heterocycles. The first-order valence-corrected chi connectivity index (χ1v) is 9.21. The van der Waals surface area contributed by atoms with Crippen molar-refractivity contribution in [3.63, 3.8) is 0 Å². The molecule has 5 nitrogen and oxygen atoms in total. The first kappa shape index (κ1) is 20.5. The highest BCUT2D eigenvalue weighted by Crippen LogP contribution is 2.36. The molecule has 4 aromatic rings. The Kier molecular flexibility index (Phi) is 5.41. The van der Waals surface area contributed by atoms with Crippen molar-refractivity contribution in [2.45, 2.75) is 6.18 Å². The van der Waals surface area contributed by atoms with E-state index in [9.17, 15) is 17.6 Å². The van der Waals surface area contributed by atoms with Gasteiger partial charge in [0, 0.05) is 23.3 Å². The van der Waals surface area contributed by atoms with Gasteiger partial charge in [-0.3, -0.25) is 4.98 Å². The zero-order valence-electron chi connectivity index (χ0n) is 16.2. The maximum absolute atomic E-state index is 13.3. The first-order chi connectivity index (χ1) is 14.8. The Morgan fingerprint density at radius 3 is 2.39 bits per heavy atom. The van der Waals surface area contributed by atoms with Crippen molar-refractivity contribution in [1.82, 2.24) is 15.0 Å². The van der Waals surface area contributed by atoms with Crippen LogP contribution in [0.1, 0.15) is 0 Å². The van der Waals surface area contributed by atoms with Crippen LogP contribution in [0.5, 0.6) is 5.75 Å². The van der Waals surface area contributed by atoms with Gasteiger partial charge in [0.05, 0.1) is 7.11 Å². The van der Waals surface area contributed by atoms with Crippen molar-refractivity contribution in [2.24, 2.45) is 0 Å². The summed E-state index contributed by atoms with van der Waals surface area (Å²) in [5.74, 6) is 0.162. The van der Waals surface area contributed by atoms with E-state index >= 15 is 0 Å². The predicted octanol–water partition coefficient (Wildman–Crippen LogP) is 5.48. The molecular formula is C22H16F4N4O. The molecule has 1 N–H and O–H groups in total. The van der Waals surface area contributed by atoms with Gasteiger partial charge in [-0.15, -0.1) is 0 Å². The number of aromatic nitrogens is 3. The van der Waals surface area contributed by atoms with Gasteiger partial charge in [0.25, 0.3) is 0 Å². The molecule has 158 valence electrons. The first-order valence-electron chi connectivity index (χ1n) is 9.21. The summed E-state index contributed by atoms with van der Waals surface area (Å²) < 4.78 is 57.5. The summed E-state index contributed by atoms with van der Waals surface area (Å²) in [6.45, 7) is -1.27. The highest BCUT2D eigenvalue weighted by atomic mass is 19.4. The van der Waals surface area contributed by atoms with Crippen molar-refractivity contribution in [3.8, 4) is 28.3 Å². The van der Waals surface area contributed by atoms with Crippen molar-refractivity contribution >= 4 is 16.7 Å². The maximum atomic E-state index is 13.3. The Balaban J connectivity index is 1.93. The van der Waals surface area contributed by atoms with E-state index in [0.29, 0.717) is 33.3 Å². The second-order valence-electron chi connectivity index (χ2n) is 6.69. The van der Waals surface area contributed by atoms with Crippen molar-refractivity contribution < 1.29 is 22.3 Å². The van der Waals surface area contributed by atoms with Crippen LogP contribution < -0.4 is 10.1 Å². The van der Waals surface area contributed by atoms with Gasteiger partial charge >= 0.3 is 6.18 Å². The molecule has 0 fully saturated rings. The molecule has 4 rings (SSSR count). The van der Waals surface area contributed by atoms with Gasteiger partial charge in [-0.2, -0.15) is 13.2 Å². The Morgan fingerprint density at radius 2 is 1.74 bits per heavy atom. The Hall–Kier alpha value is -3.75. The quantitative estimate of drug-likeness (QED) is 0.427. The molecule has 31 heavy (non-hydrogen) atoms. The number of fused-ring (bicyclic) bond motifs is 1. The third-order valence-electron chi connectivity index (χ3n) is 4.54. The van der Waals surface area contributed by atoms with Crippen LogP contribution in [-0.4, -0.2) is 34.8 Å². The standard InChI is InChI=1S/C22H16F4N4O/c1-31-18-10-15(13-4-6-16(23)7-5-13)9-17-19(18)29-20(14-3-2-8-27-11-14)30-21(17)28-12-22(24,25)26/h2-11H,12H2,1H3,(H,28,29,30). The number of hydrogen-bond acceptors (Lipinski definition) is 5. The lowest BCUT2D eigenvalue weighted by Gasteiger charge is -2.15. The van der Waals surface area contributed by atoms with Gasteiger partial charge in [-0.1, -0.05) is 12.1 Å². The minimum absolute atomic E-state index is 0.00318. The molecule has 0 saturated carbocycles. The Labute approximate surface area is 174 Å². The number of benzene rings is 2. The summed E-state index contributed by atoms with van der Waals surface area (Å²) in [7, 11) is 1.44. The van der Waals surface area contributed by atoms with E-state index in [1.807, 2.05) is 0 Å². The summed E-state index contributed by atoms with van der Waals surface area (Å²) in [5, 5.41) is 2.71. The van der Waals surface area contributed by atoms with Crippen molar-refractivity contribution in [1.29, 1.82) is 0 Å². The molecule has 0 atom stereocenters. The summed E-state index contributed by atoms with van der Waals surface area (Å²) in [6, 6.07) is 12.5. The van der Waals surface area contributed by atoms with Gasteiger partial charge in [-0.25, -0.2) is 14.4 Å². The summed E-state index contributed by atoms with van der Waals surface area (Å²) in [5.41, 5.74) is 2.17. The summed E-state index contributed by atoms with van der Waals surface area (Å²) in [6.07, 6.45) is -1.35. The van der Waals surface area contributed by atoms with Gasteiger partial charge in [0.15, 0.2) is 5.82 Å². The van der Waals surface area contributed by atoms with Gasteiger partial charge in [-0.05, 0) is 47.5 Å².